The van der Waals surface area contributed by atoms with Crippen LogP contribution >= 0.6 is 0 Å². The lowest BCUT2D eigenvalue weighted by molar-refractivity contribution is -0.367. The van der Waals surface area contributed by atoms with Gasteiger partial charge in [0.15, 0.2) is 5.82 Å². The Morgan fingerprint density at radius 3 is 2.35 bits per heavy atom. The second-order valence-electron chi connectivity index (χ2n) is 11.8. The molecule has 5 rings (SSSR count). The van der Waals surface area contributed by atoms with Crippen molar-refractivity contribution in [3.8, 4) is 17.1 Å². The van der Waals surface area contributed by atoms with E-state index in [1.165, 1.54) is 30.2 Å². The molecule has 0 bridgehead atoms. The van der Waals surface area contributed by atoms with Crippen LogP contribution in [0.1, 0.15) is 35.2 Å². The molecule has 5 heterocycles. The number of rotatable bonds is 8. The molecule has 49 heavy (non-hydrogen) atoms. The molecule has 0 aromatic carbocycles. The SMILES string of the molecule is COc1ncc(-c2cc(CN3CCC(F)(F)CC3)c3c(N)ncnn23)cc1C(=O)NC1CN(C(=O)CC(O)(C(F)(F)F)C(F)(F)F)CC1F. The molecule has 3 aromatic rings. The van der Waals surface area contributed by atoms with Gasteiger partial charge in [-0.05, 0) is 17.7 Å². The van der Waals surface area contributed by atoms with E-state index in [-0.39, 0.29) is 55.3 Å². The van der Waals surface area contributed by atoms with Crippen LogP contribution in [0, 0.1) is 0 Å². The number of ether oxygens (including phenoxy) is 1. The summed E-state index contributed by atoms with van der Waals surface area (Å²) in [5, 5.41) is 15.9. The van der Waals surface area contributed by atoms with Crippen molar-refractivity contribution in [3.05, 3.63) is 35.8 Å². The molecule has 2 fully saturated rings. The molecule has 2 aliphatic rings. The van der Waals surface area contributed by atoms with Crippen LogP contribution < -0.4 is 15.8 Å². The first-order valence-electron chi connectivity index (χ1n) is 14.6. The Labute approximate surface area is 271 Å². The minimum absolute atomic E-state index is 0.0799. The van der Waals surface area contributed by atoms with Gasteiger partial charge >= 0.3 is 12.4 Å². The minimum atomic E-state index is -6.26. The van der Waals surface area contributed by atoms with Crippen molar-refractivity contribution in [2.75, 3.05) is 39.0 Å². The number of fused-ring (bicyclic) bond motifs is 1. The predicted molar refractivity (Wildman–Crippen MR) is 151 cm³/mol. The number of aliphatic hydroxyl groups is 1. The number of aromatic nitrogens is 4. The maximum absolute atomic E-state index is 14.9. The Hall–Kier alpha value is -4.40. The highest BCUT2D eigenvalue weighted by Gasteiger charge is 2.71. The molecule has 2 saturated heterocycles. The van der Waals surface area contributed by atoms with E-state index in [1.54, 1.807) is 6.07 Å². The van der Waals surface area contributed by atoms with Crippen LogP contribution in [0.5, 0.6) is 5.88 Å². The van der Waals surface area contributed by atoms with Crippen molar-refractivity contribution >= 4 is 23.1 Å². The van der Waals surface area contributed by atoms with Gasteiger partial charge in [-0.3, -0.25) is 14.5 Å². The van der Waals surface area contributed by atoms with Crippen molar-refractivity contribution in [2.24, 2.45) is 0 Å². The number of nitrogens with one attached hydrogen (secondary N) is 1. The summed E-state index contributed by atoms with van der Waals surface area (Å²) in [5.74, 6) is -5.78. The van der Waals surface area contributed by atoms with Crippen LogP contribution in [0.15, 0.2) is 24.7 Å². The quantitative estimate of drug-likeness (QED) is 0.300. The number of anilines is 1. The molecule has 0 saturated carbocycles. The van der Waals surface area contributed by atoms with Gasteiger partial charge in [-0.15, -0.1) is 0 Å². The van der Waals surface area contributed by atoms with E-state index < -0.39 is 67.4 Å². The average molecular weight is 713 g/mol. The number of hydrogen-bond donors (Lipinski definition) is 3. The third kappa shape index (κ3) is 7.03. The number of nitrogens with two attached hydrogens (primary N) is 1. The van der Waals surface area contributed by atoms with Gasteiger partial charge < -0.3 is 25.8 Å². The van der Waals surface area contributed by atoms with Crippen LogP contribution in [0.4, 0.5) is 45.3 Å². The Bertz CT molecular complexity index is 1710. The van der Waals surface area contributed by atoms with E-state index in [2.05, 4.69) is 20.4 Å². The van der Waals surface area contributed by atoms with E-state index in [1.807, 2.05) is 4.90 Å². The highest BCUT2D eigenvalue weighted by molar-refractivity contribution is 5.98. The number of nitrogen functional groups attached to an aromatic ring is 1. The third-order valence-corrected chi connectivity index (χ3v) is 8.49. The molecule has 2 aliphatic heterocycles. The highest BCUT2D eigenvalue weighted by atomic mass is 19.4. The zero-order chi connectivity index (χ0) is 36.1. The van der Waals surface area contributed by atoms with Gasteiger partial charge in [-0.25, -0.2) is 27.7 Å². The van der Waals surface area contributed by atoms with Crippen molar-refractivity contribution < 1.29 is 58.9 Å². The molecular weight excluding hydrogens is 683 g/mol. The molecule has 4 N–H and O–H groups in total. The largest absolute Gasteiger partial charge is 0.480 e. The van der Waals surface area contributed by atoms with E-state index in [0.717, 1.165) is 0 Å². The second-order valence-corrected chi connectivity index (χ2v) is 11.8. The fraction of sp³-hybridized carbons (Fsp3) is 0.536. The molecule has 3 aromatic heterocycles. The average Bonchev–Trinajstić information content (AvgIpc) is 3.57. The first kappa shape index (κ1) is 35.9. The van der Waals surface area contributed by atoms with E-state index in [9.17, 15) is 54.2 Å². The van der Waals surface area contributed by atoms with Crippen LogP contribution in [-0.4, -0.2) is 116 Å². The van der Waals surface area contributed by atoms with Gasteiger partial charge in [0.1, 0.15) is 23.6 Å². The van der Waals surface area contributed by atoms with Gasteiger partial charge in [-0.1, -0.05) is 0 Å². The first-order valence-corrected chi connectivity index (χ1v) is 14.6. The molecule has 21 heteroatoms. The summed E-state index contributed by atoms with van der Waals surface area (Å²) < 4.78 is 127. The zero-order valence-electron chi connectivity index (χ0n) is 25.5. The molecule has 2 atom stereocenters. The number of carbonyl (C=O) groups is 2. The Morgan fingerprint density at radius 1 is 1.08 bits per heavy atom. The number of amides is 2. The summed E-state index contributed by atoms with van der Waals surface area (Å²) in [4.78, 5) is 36.0. The fourth-order valence-electron chi connectivity index (χ4n) is 5.71. The Kier molecular flexibility index (Phi) is 9.38. The smallest absolute Gasteiger partial charge is 0.426 e. The Balaban J connectivity index is 1.37. The number of methoxy groups -OCH3 is 1. The number of piperidine rings is 1. The minimum Gasteiger partial charge on any atom is -0.480 e. The second kappa shape index (κ2) is 12.8. The summed E-state index contributed by atoms with van der Waals surface area (Å²) in [6.45, 7) is -1.32. The predicted octanol–water partition coefficient (Wildman–Crippen LogP) is 3.14. The molecule has 2 amide bonds. The molecule has 12 nitrogen and oxygen atoms in total. The van der Waals surface area contributed by atoms with Crippen molar-refractivity contribution in [1.29, 1.82) is 0 Å². The summed E-state index contributed by atoms with van der Waals surface area (Å²) in [6.07, 6.45) is -15.2. The maximum Gasteiger partial charge on any atom is 0.426 e. The lowest BCUT2D eigenvalue weighted by atomic mass is 9.97. The standard InChI is InChI=1S/C28H29F9N8O4/c1-49-24-16(23(47)42-18-12-44(11-17(18)29)20(46)8-26(48,27(32,33)34)28(35,36)37)6-14(9-39-24)19-7-15(21-22(38)40-13-41-45(19)21)10-43-4-2-25(30,31)3-5-43/h6-7,9,13,17-18,48H,2-5,8,10-12H2,1H3,(H,42,47)(H2,38,40,41). The lowest BCUT2D eigenvalue weighted by Gasteiger charge is -2.32. The molecule has 0 aliphatic carbocycles. The summed E-state index contributed by atoms with van der Waals surface area (Å²) in [6, 6.07) is 1.38. The molecule has 2 unspecified atom stereocenters. The first-order chi connectivity index (χ1) is 22.7. The lowest BCUT2D eigenvalue weighted by Crippen LogP contribution is -2.59. The third-order valence-electron chi connectivity index (χ3n) is 8.49. The van der Waals surface area contributed by atoms with E-state index in [4.69, 9.17) is 10.5 Å². The topological polar surface area (TPSA) is 151 Å². The summed E-state index contributed by atoms with van der Waals surface area (Å²) in [5.41, 5.74) is 2.05. The van der Waals surface area contributed by atoms with Crippen molar-refractivity contribution in [3.63, 3.8) is 0 Å². The zero-order valence-corrected chi connectivity index (χ0v) is 25.5. The fourth-order valence-corrected chi connectivity index (χ4v) is 5.71. The maximum atomic E-state index is 14.9. The molecule has 0 radical (unpaired) electrons. The Morgan fingerprint density at radius 2 is 1.73 bits per heavy atom. The number of carbonyl (C=O) groups excluding carboxylic acids is 2. The van der Waals surface area contributed by atoms with Crippen LogP contribution in [0.25, 0.3) is 16.8 Å². The number of alkyl halides is 9. The van der Waals surface area contributed by atoms with Crippen LogP contribution in [0.3, 0.4) is 0 Å². The van der Waals surface area contributed by atoms with Gasteiger partial charge in [0.2, 0.25) is 11.8 Å². The van der Waals surface area contributed by atoms with Crippen LogP contribution in [-0.2, 0) is 11.3 Å². The normalized spacial score (nSPS) is 20.5. The molecule has 0 spiro atoms. The van der Waals surface area contributed by atoms with Gasteiger partial charge in [-0.2, -0.15) is 31.4 Å². The number of halogens is 9. The van der Waals surface area contributed by atoms with E-state index in [0.29, 0.717) is 21.7 Å². The van der Waals surface area contributed by atoms with Crippen molar-refractivity contribution in [1.82, 2.24) is 34.7 Å². The highest BCUT2D eigenvalue weighted by Crippen LogP contribution is 2.45. The summed E-state index contributed by atoms with van der Waals surface area (Å²) >= 11 is 0. The van der Waals surface area contributed by atoms with Gasteiger partial charge in [0.05, 0.1) is 31.8 Å². The van der Waals surface area contributed by atoms with Crippen LogP contribution in [0.2, 0.25) is 0 Å². The monoisotopic (exact) mass is 712 g/mol. The number of nitrogens with zero attached hydrogens (tertiary/aromatic N) is 6. The summed E-state index contributed by atoms with van der Waals surface area (Å²) in [7, 11) is 1.18. The van der Waals surface area contributed by atoms with Gasteiger partial charge in [0.25, 0.3) is 17.4 Å². The van der Waals surface area contributed by atoms with Crippen molar-refractivity contribution in [2.45, 2.75) is 61.9 Å². The van der Waals surface area contributed by atoms with E-state index >= 15 is 0 Å². The number of pyridine rings is 1. The number of likely N-dealkylation sites (tertiary alicyclic amines) is 2. The number of hydrogen-bond acceptors (Lipinski definition) is 9. The molecular formula is C28H29F9N8O4. The molecule has 268 valence electrons. The van der Waals surface area contributed by atoms with Gasteiger partial charge in [0, 0.05) is 50.8 Å².